The molecule has 1 saturated heterocycles. The van der Waals surface area contributed by atoms with E-state index in [4.69, 9.17) is 18.9 Å². The molecular weight excluding hydrogens is 412 g/mol. The molecule has 3 rings (SSSR count). The number of ether oxygens (including phenoxy) is 4. The van der Waals surface area contributed by atoms with E-state index in [2.05, 4.69) is 5.32 Å². The van der Waals surface area contributed by atoms with Crippen LogP contribution in [0.3, 0.4) is 0 Å². The summed E-state index contributed by atoms with van der Waals surface area (Å²) in [7, 11) is 1.56. The summed E-state index contributed by atoms with van der Waals surface area (Å²) in [4.78, 5) is 26.5. The fourth-order valence-corrected chi connectivity index (χ4v) is 3.50. The molecule has 1 heterocycles. The van der Waals surface area contributed by atoms with E-state index < -0.39 is 0 Å². The van der Waals surface area contributed by atoms with Gasteiger partial charge >= 0.3 is 0 Å². The van der Waals surface area contributed by atoms with Crippen molar-refractivity contribution in [3.8, 4) is 23.0 Å². The minimum absolute atomic E-state index is 0.00687. The average molecular weight is 443 g/mol. The monoisotopic (exact) mass is 442 g/mol. The first-order valence-electron chi connectivity index (χ1n) is 10.8. The van der Waals surface area contributed by atoms with Crippen molar-refractivity contribution in [3.05, 3.63) is 48.5 Å². The molecule has 2 amide bonds. The van der Waals surface area contributed by atoms with Gasteiger partial charge < -0.3 is 29.2 Å². The lowest BCUT2D eigenvalue weighted by Crippen LogP contribution is -2.48. The third-order valence-corrected chi connectivity index (χ3v) is 5.14. The molecule has 0 saturated carbocycles. The number of piperidine rings is 1. The minimum atomic E-state index is -0.198. The lowest BCUT2D eigenvalue weighted by atomic mass is 10.1. The van der Waals surface area contributed by atoms with Gasteiger partial charge in [-0.2, -0.15) is 0 Å². The van der Waals surface area contributed by atoms with Crippen molar-refractivity contribution in [1.29, 1.82) is 0 Å². The Bertz CT molecular complexity index is 896. The molecule has 0 atom stereocenters. The Kier molecular flexibility index (Phi) is 8.60. The lowest BCUT2D eigenvalue weighted by Gasteiger charge is -2.32. The molecule has 172 valence electrons. The molecule has 2 aromatic rings. The number of nitrogens with zero attached hydrogens (tertiary/aromatic N) is 1. The van der Waals surface area contributed by atoms with Crippen LogP contribution in [0.2, 0.25) is 0 Å². The van der Waals surface area contributed by atoms with E-state index in [-0.39, 0.29) is 31.1 Å². The quantitative estimate of drug-likeness (QED) is 0.609. The third-order valence-electron chi connectivity index (χ3n) is 5.14. The highest BCUT2D eigenvalue weighted by Gasteiger charge is 2.24. The molecule has 1 aliphatic rings. The van der Waals surface area contributed by atoms with Crippen molar-refractivity contribution in [2.45, 2.75) is 25.8 Å². The van der Waals surface area contributed by atoms with Gasteiger partial charge in [-0.05, 0) is 44.0 Å². The lowest BCUT2D eigenvalue weighted by molar-refractivity contribution is -0.134. The Labute approximate surface area is 188 Å². The van der Waals surface area contributed by atoms with Gasteiger partial charge in [-0.1, -0.05) is 24.3 Å². The second-order valence-corrected chi connectivity index (χ2v) is 7.33. The van der Waals surface area contributed by atoms with Crippen LogP contribution in [0.4, 0.5) is 0 Å². The SMILES string of the molecule is CCOc1ccccc1OCC(=O)N1CCC(NC(=O)COc2ccccc2OC)CC1. The summed E-state index contributed by atoms with van der Waals surface area (Å²) < 4.78 is 22.0. The van der Waals surface area contributed by atoms with Gasteiger partial charge in [0.1, 0.15) is 0 Å². The summed E-state index contributed by atoms with van der Waals surface area (Å²) in [5.74, 6) is 2.01. The fraction of sp³-hybridized carbons (Fsp3) is 0.417. The van der Waals surface area contributed by atoms with Crippen molar-refractivity contribution in [3.63, 3.8) is 0 Å². The van der Waals surface area contributed by atoms with Crippen molar-refractivity contribution in [1.82, 2.24) is 10.2 Å². The number of likely N-dealkylation sites (tertiary alicyclic amines) is 1. The van der Waals surface area contributed by atoms with Crippen LogP contribution in [-0.4, -0.2) is 62.8 Å². The second kappa shape index (κ2) is 11.8. The molecule has 0 aliphatic carbocycles. The molecule has 1 fully saturated rings. The van der Waals surface area contributed by atoms with Crippen LogP contribution >= 0.6 is 0 Å². The Morgan fingerprint density at radius 1 is 0.875 bits per heavy atom. The van der Waals surface area contributed by atoms with E-state index in [0.717, 1.165) is 0 Å². The number of rotatable bonds is 10. The topological polar surface area (TPSA) is 86.3 Å². The van der Waals surface area contributed by atoms with Gasteiger partial charge in [0.15, 0.2) is 36.2 Å². The molecule has 0 unspecified atom stereocenters. The van der Waals surface area contributed by atoms with Crippen LogP contribution in [0.15, 0.2) is 48.5 Å². The second-order valence-electron chi connectivity index (χ2n) is 7.33. The molecular formula is C24H30N2O6. The summed E-state index contributed by atoms with van der Waals surface area (Å²) in [5, 5.41) is 2.97. The van der Waals surface area contributed by atoms with Gasteiger partial charge in [0, 0.05) is 19.1 Å². The number of methoxy groups -OCH3 is 1. The zero-order valence-corrected chi connectivity index (χ0v) is 18.5. The van der Waals surface area contributed by atoms with Crippen LogP contribution in [0.1, 0.15) is 19.8 Å². The number of carbonyl (C=O) groups is 2. The molecule has 2 aromatic carbocycles. The smallest absolute Gasteiger partial charge is 0.260 e. The average Bonchev–Trinajstić information content (AvgIpc) is 2.83. The van der Waals surface area contributed by atoms with Crippen LogP contribution in [0, 0.1) is 0 Å². The maximum Gasteiger partial charge on any atom is 0.260 e. The summed E-state index contributed by atoms with van der Waals surface area (Å²) in [6, 6.07) is 14.5. The Balaban J connectivity index is 1.39. The van der Waals surface area contributed by atoms with Gasteiger partial charge in [0.25, 0.3) is 11.8 Å². The van der Waals surface area contributed by atoms with Crippen LogP contribution in [0.5, 0.6) is 23.0 Å². The van der Waals surface area contributed by atoms with Crippen LogP contribution in [0.25, 0.3) is 0 Å². The van der Waals surface area contributed by atoms with Gasteiger partial charge in [-0.15, -0.1) is 0 Å². The minimum Gasteiger partial charge on any atom is -0.493 e. The third kappa shape index (κ3) is 6.54. The zero-order chi connectivity index (χ0) is 22.8. The highest BCUT2D eigenvalue weighted by Crippen LogP contribution is 2.27. The summed E-state index contributed by atoms with van der Waals surface area (Å²) in [6.07, 6.45) is 1.36. The van der Waals surface area contributed by atoms with Crippen LogP contribution < -0.4 is 24.3 Å². The van der Waals surface area contributed by atoms with E-state index in [0.29, 0.717) is 55.5 Å². The van der Waals surface area contributed by atoms with Gasteiger partial charge in [0.2, 0.25) is 0 Å². The standard InChI is InChI=1S/C24H30N2O6/c1-3-30-21-10-6-7-11-22(21)32-17-24(28)26-14-12-18(13-15-26)25-23(27)16-31-20-9-5-4-8-19(20)29-2/h4-11,18H,3,12-17H2,1-2H3,(H,25,27). The largest absolute Gasteiger partial charge is 0.493 e. The number of para-hydroxylation sites is 4. The van der Waals surface area contributed by atoms with Crippen molar-refractivity contribution < 1.29 is 28.5 Å². The molecule has 1 N–H and O–H groups in total. The molecule has 32 heavy (non-hydrogen) atoms. The maximum absolute atomic E-state index is 12.5. The number of hydrogen-bond donors (Lipinski definition) is 1. The first-order chi connectivity index (χ1) is 15.6. The number of carbonyl (C=O) groups excluding carboxylic acids is 2. The predicted molar refractivity (Wildman–Crippen MR) is 119 cm³/mol. The Morgan fingerprint density at radius 2 is 1.41 bits per heavy atom. The molecule has 8 heteroatoms. The highest BCUT2D eigenvalue weighted by atomic mass is 16.5. The van der Waals surface area contributed by atoms with E-state index in [1.165, 1.54) is 0 Å². The van der Waals surface area contributed by atoms with Crippen molar-refractivity contribution in [2.24, 2.45) is 0 Å². The molecule has 8 nitrogen and oxygen atoms in total. The molecule has 0 radical (unpaired) electrons. The van der Waals surface area contributed by atoms with E-state index in [9.17, 15) is 9.59 Å². The van der Waals surface area contributed by atoms with Gasteiger partial charge in [-0.3, -0.25) is 9.59 Å². The summed E-state index contributed by atoms with van der Waals surface area (Å²) >= 11 is 0. The van der Waals surface area contributed by atoms with Crippen molar-refractivity contribution in [2.75, 3.05) is 40.0 Å². The predicted octanol–water partition coefficient (Wildman–Crippen LogP) is 2.66. The van der Waals surface area contributed by atoms with Gasteiger partial charge in [0.05, 0.1) is 13.7 Å². The van der Waals surface area contributed by atoms with Crippen LogP contribution in [-0.2, 0) is 9.59 Å². The zero-order valence-electron chi connectivity index (χ0n) is 18.5. The van der Waals surface area contributed by atoms with E-state index >= 15 is 0 Å². The number of benzene rings is 2. The normalized spacial score (nSPS) is 13.9. The molecule has 0 aromatic heterocycles. The number of hydrogen-bond acceptors (Lipinski definition) is 6. The Morgan fingerprint density at radius 3 is 2.00 bits per heavy atom. The first-order valence-corrected chi connectivity index (χ1v) is 10.8. The molecule has 0 bridgehead atoms. The fourth-order valence-electron chi connectivity index (χ4n) is 3.50. The van der Waals surface area contributed by atoms with E-state index in [1.807, 2.05) is 37.3 Å². The number of nitrogens with one attached hydrogen (secondary N) is 1. The van der Waals surface area contributed by atoms with Gasteiger partial charge in [-0.25, -0.2) is 0 Å². The maximum atomic E-state index is 12.5. The van der Waals surface area contributed by atoms with Crippen molar-refractivity contribution >= 4 is 11.8 Å². The Hall–Kier alpha value is -3.42. The first kappa shape index (κ1) is 23.2. The summed E-state index contributed by atoms with van der Waals surface area (Å²) in [5.41, 5.74) is 0. The molecule has 0 spiro atoms. The number of amides is 2. The molecule has 1 aliphatic heterocycles. The summed E-state index contributed by atoms with van der Waals surface area (Å²) in [6.45, 7) is 3.41. The van der Waals surface area contributed by atoms with E-state index in [1.54, 1.807) is 30.2 Å². The highest BCUT2D eigenvalue weighted by molar-refractivity contribution is 5.79.